The summed E-state index contributed by atoms with van der Waals surface area (Å²) in [6.45, 7) is 3.52. The number of benzene rings is 1. The van der Waals surface area contributed by atoms with Crippen LogP contribution >= 0.6 is 12.4 Å². The fraction of sp³-hybridized carbons (Fsp3) is 0.429. The topological polar surface area (TPSA) is 84.2 Å². The zero-order valence-corrected chi connectivity index (χ0v) is 12.4. The summed E-state index contributed by atoms with van der Waals surface area (Å²) >= 11 is 0. The molecule has 1 aliphatic rings. The molecule has 110 valence electrons. The fourth-order valence-electron chi connectivity index (χ4n) is 1.67. The van der Waals surface area contributed by atoms with Crippen LogP contribution in [0.3, 0.4) is 0 Å². The Balaban J connectivity index is 0.00000200. The van der Waals surface area contributed by atoms with Crippen LogP contribution in [0, 0.1) is 12.8 Å². The summed E-state index contributed by atoms with van der Waals surface area (Å²) in [5, 5.41) is 5.61. The molecular weight excluding hydrogens is 278 g/mol. The summed E-state index contributed by atoms with van der Waals surface area (Å²) in [5.74, 6) is -0.0366. The molecule has 5 nitrogen and oxygen atoms in total. The Morgan fingerprint density at radius 2 is 1.95 bits per heavy atom. The second-order valence-corrected chi connectivity index (χ2v) is 5.07. The summed E-state index contributed by atoms with van der Waals surface area (Å²) in [6.07, 6.45) is 1.93. The van der Waals surface area contributed by atoms with Gasteiger partial charge in [-0.15, -0.1) is 12.4 Å². The molecule has 1 aromatic rings. The van der Waals surface area contributed by atoms with Gasteiger partial charge in [-0.3, -0.25) is 9.59 Å². The van der Waals surface area contributed by atoms with Crippen LogP contribution in [-0.2, 0) is 9.59 Å². The number of hydrogen-bond donors (Lipinski definition) is 3. The van der Waals surface area contributed by atoms with Crippen molar-refractivity contribution in [3.05, 3.63) is 23.8 Å². The number of nitrogens with two attached hydrogens (primary N) is 1. The molecule has 1 aliphatic carbocycles. The molecule has 0 bridgehead atoms. The van der Waals surface area contributed by atoms with Crippen LogP contribution in [0.2, 0.25) is 0 Å². The third-order valence-electron chi connectivity index (χ3n) is 3.12. The standard InChI is InChI=1S/C14H19N3O2.ClH/c1-8-3-6-11(16-14(19)10-4-5-10)7-12(8)17-13(18)9(2)15;/h3,6-7,9-10H,4-5,15H2,1-2H3,(H,16,19)(H,17,18);1H/t9-;/m1./s1. The van der Waals surface area contributed by atoms with Gasteiger partial charge in [-0.25, -0.2) is 0 Å². The molecule has 2 rings (SSSR count). The molecule has 2 amide bonds. The normalized spacial score (nSPS) is 14.9. The lowest BCUT2D eigenvalue weighted by atomic mass is 10.1. The van der Waals surface area contributed by atoms with Gasteiger partial charge in [0, 0.05) is 17.3 Å². The molecule has 0 unspecified atom stereocenters. The van der Waals surface area contributed by atoms with E-state index in [1.54, 1.807) is 13.0 Å². The Morgan fingerprint density at radius 3 is 2.50 bits per heavy atom. The minimum absolute atomic E-state index is 0. The minimum atomic E-state index is -0.566. The number of amides is 2. The van der Waals surface area contributed by atoms with Gasteiger partial charge in [0.25, 0.3) is 0 Å². The maximum atomic E-state index is 11.7. The van der Waals surface area contributed by atoms with E-state index in [0.29, 0.717) is 11.4 Å². The van der Waals surface area contributed by atoms with Gasteiger partial charge in [-0.05, 0) is 44.4 Å². The van der Waals surface area contributed by atoms with Crippen molar-refractivity contribution < 1.29 is 9.59 Å². The zero-order chi connectivity index (χ0) is 14.0. The maximum Gasteiger partial charge on any atom is 0.241 e. The van der Waals surface area contributed by atoms with E-state index >= 15 is 0 Å². The predicted octanol–water partition coefficient (Wildman–Crippen LogP) is 2.05. The van der Waals surface area contributed by atoms with Crippen molar-refractivity contribution in [3.63, 3.8) is 0 Å². The molecule has 6 heteroatoms. The molecule has 0 heterocycles. The Kier molecular flexibility index (Phi) is 5.53. The van der Waals surface area contributed by atoms with Gasteiger partial charge in [0.05, 0.1) is 6.04 Å². The number of hydrogen-bond acceptors (Lipinski definition) is 3. The highest BCUT2D eigenvalue weighted by molar-refractivity contribution is 5.97. The van der Waals surface area contributed by atoms with Gasteiger partial charge >= 0.3 is 0 Å². The molecule has 0 aliphatic heterocycles. The third kappa shape index (κ3) is 4.21. The third-order valence-corrected chi connectivity index (χ3v) is 3.12. The van der Waals surface area contributed by atoms with Crippen LogP contribution in [-0.4, -0.2) is 17.9 Å². The first-order chi connectivity index (χ1) is 8.97. The van der Waals surface area contributed by atoms with E-state index in [-0.39, 0.29) is 30.1 Å². The molecule has 20 heavy (non-hydrogen) atoms. The molecular formula is C14H20ClN3O2. The molecule has 0 radical (unpaired) electrons. The molecule has 1 atom stereocenters. The molecule has 1 aromatic carbocycles. The first-order valence-electron chi connectivity index (χ1n) is 6.45. The first kappa shape index (κ1) is 16.5. The van der Waals surface area contributed by atoms with E-state index in [0.717, 1.165) is 18.4 Å². The number of carbonyl (C=O) groups excluding carboxylic acids is 2. The lowest BCUT2D eigenvalue weighted by Gasteiger charge is -2.12. The monoisotopic (exact) mass is 297 g/mol. The second kappa shape index (κ2) is 6.72. The van der Waals surface area contributed by atoms with Crippen LogP contribution in [0.5, 0.6) is 0 Å². The molecule has 0 aromatic heterocycles. The molecule has 0 spiro atoms. The van der Waals surface area contributed by atoms with Crippen LogP contribution in [0.1, 0.15) is 25.3 Å². The minimum Gasteiger partial charge on any atom is -0.326 e. The van der Waals surface area contributed by atoms with Gasteiger partial charge in [0.15, 0.2) is 0 Å². The number of nitrogens with one attached hydrogen (secondary N) is 2. The molecule has 1 fully saturated rings. The van der Waals surface area contributed by atoms with Crippen molar-refractivity contribution in [2.45, 2.75) is 32.7 Å². The van der Waals surface area contributed by atoms with Gasteiger partial charge in [0.2, 0.25) is 11.8 Å². The average Bonchev–Trinajstić information content (AvgIpc) is 3.17. The number of aryl methyl sites for hydroxylation is 1. The first-order valence-corrected chi connectivity index (χ1v) is 6.45. The van der Waals surface area contributed by atoms with E-state index in [2.05, 4.69) is 10.6 Å². The smallest absolute Gasteiger partial charge is 0.241 e. The predicted molar refractivity (Wildman–Crippen MR) is 82.1 cm³/mol. The van der Waals surface area contributed by atoms with E-state index in [4.69, 9.17) is 5.73 Å². The van der Waals surface area contributed by atoms with Crippen molar-refractivity contribution in [1.29, 1.82) is 0 Å². The van der Waals surface area contributed by atoms with Gasteiger partial charge in [0.1, 0.15) is 0 Å². The molecule has 4 N–H and O–H groups in total. The summed E-state index contributed by atoms with van der Waals surface area (Å²) in [6, 6.07) is 4.89. The Bertz CT molecular complexity index is 513. The molecule has 0 saturated heterocycles. The van der Waals surface area contributed by atoms with Crippen molar-refractivity contribution in [3.8, 4) is 0 Å². The lowest BCUT2D eigenvalue weighted by Crippen LogP contribution is -2.32. The van der Waals surface area contributed by atoms with E-state index < -0.39 is 6.04 Å². The zero-order valence-electron chi connectivity index (χ0n) is 11.6. The van der Waals surface area contributed by atoms with Gasteiger partial charge in [-0.1, -0.05) is 6.07 Å². The van der Waals surface area contributed by atoms with Gasteiger partial charge < -0.3 is 16.4 Å². The van der Waals surface area contributed by atoms with Crippen molar-refractivity contribution in [2.75, 3.05) is 10.6 Å². The lowest BCUT2D eigenvalue weighted by molar-refractivity contribution is -0.117. The largest absolute Gasteiger partial charge is 0.326 e. The van der Waals surface area contributed by atoms with Crippen LogP contribution in [0.25, 0.3) is 0 Å². The van der Waals surface area contributed by atoms with Crippen LogP contribution < -0.4 is 16.4 Å². The van der Waals surface area contributed by atoms with Crippen molar-refractivity contribution >= 4 is 35.6 Å². The summed E-state index contributed by atoms with van der Waals surface area (Å²) in [5.41, 5.74) is 7.82. The van der Waals surface area contributed by atoms with E-state index in [1.807, 2.05) is 19.1 Å². The maximum absolute atomic E-state index is 11.7. The summed E-state index contributed by atoms with van der Waals surface area (Å²) in [4.78, 5) is 23.3. The second-order valence-electron chi connectivity index (χ2n) is 5.07. The van der Waals surface area contributed by atoms with Crippen LogP contribution in [0.15, 0.2) is 18.2 Å². The number of carbonyl (C=O) groups is 2. The average molecular weight is 298 g/mol. The Morgan fingerprint density at radius 1 is 1.30 bits per heavy atom. The van der Waals surface area contributed by atoms with Crippen LogP contribution in [0.4, 0.5) is 11.4 Å². The number of anilines is 2. The van der Waals surface area contributed by atoms with E-state index in [1.165, 1.54) is 0 Å². The quantitative estimate of drug-likeness (QED) is 0.795. The van der Waals surface area contributed by atoms with Crippen molar-refractivity contribution in [2.24, 2.45) is 11.7 Å². The Labute approximate surface area is 124 Å². The van der Waals surface area contributed by atoms with E-state index in [9.17, 15) is 9.59 Å². The fourth-order valence-corrected chi connectivity index (χ4v) is 1.67. The van der Waals surface area contributed by atoms with Gasteiger partial charge in [-0.2, -0.15) is 0 Å². The number of halogens is 1. The van der Waals surface area contributed by atoms with Crippen molar-refractivity contribution in [1.82, 2.24) is 0 Å². The molecule has 1 saturated carbocycles. The summed E-state index contributed by atoms with van der Waals surface area (Å²) in [7, 11) is 0. The summed E-state index contributed by atoms with van der Waals surface area (Å²) < 4.78 is 0. The SMILES string of the molecule is Cc1ccc(NC(=O)C2CC2)cc1NC(=O)[C@@H](C)N.Cl. The highest BCUT2D eigenvalue weighted by Crippen LogP contribution is 2.30. The highest BCUT2D eigenvalue weighted by Gasteiger charge is 2.29. The highest BCUT2D eigenvalue weighted by atomic mass is 35.5. The Hall–Kier alpha value is -1.59. The number of rotatable bonds is 4.